The summed E-state index contributed by atoms with van der Waals surface area (Å²) in [6.07, 6.45) is 6.52. The molecule has 1 heterocycles. The van der Waals surface area contributed by atoms with E-state index in [0.717, 1.165) is 22.3 Å². The van der Waals surface area contributed by atoms with Crippen LogP contribution in [0.25, 0.3) is 11.1 Å². The second-order valence-electron chi connectivity index (χ2n) is 10.9. The van der Waals surface area contributed by atoms with E-state index in [0.29, 0.717) is 24.5 Å². The first-order chi connectivity index (χ1) is 18.5. The third-order valence-electron chi connectivity index (χ3n) is 6.62. The number of aliphatic hydroxyl groups excluding tert-OH is 1. The molecule has 0 aromatic heterocycles. The van der Waals surface area contributed by atoms with Gasteiger partial charge in [0.25, 0.3) is 5.91 Å². The summed E-state index contributed by atoms with van der Waals surface area (Å²) in [7, 11) is 0. The summed E-state index contributed by atoms with van der Waals surface area (Å²) in [5.41, 5.74) is 2.75. The van der Waals surface area contributed by atoms with Crippen LogP contribution in [0.2, 0.25) is 0 Å². The molecule has 39 heavy (non-hydrogen) atoms. The molecule has 4 rings (SSSR count). The number of hydrogen-bond acceptors (Lipinski definition) is 6. The number of benzene rings is 2. The van der Waals surface area contributed by atoms with Gasteiger partial charge < -0.3 is 30.5 Å². The van der Waals surface area contributed by atoms with Crippen LogP contribution in [0, 0.1) is 0 Å². The Morgan fingerprint density at radius 1 is 1.15 bits per heavy atom. The van der Waals surface area contributed by atoms with Gasteiger partial charge in [-0.15, -0.1) is 0 Å². The molecule has 8 heteroatoms. The Balaban J connectivity index is 1.65. The molecule has 0 fully saturated rings. The van der Waals surface area contributed by atoms with E-state index in [-0.39, 0.29) is 12.1 Å². The molecule has 2 amide bonds. The topological polar surface area (TPSA) is 109 Å². The number of ether oxygens (including phenoxy) is 2. The highest BCUT2D eigenvalue weighted by atomic mass is 16.6. The number of allylic oxidation sites excluding steroid dienone is 2. The van der Waals surface area contributed by atoms with E-state index in [1.807, 2.05) is 74.5 Å². The summed E-state index contributed by atoms with van der Waals surface area (Å²) in [6.45, 7) is 10.0. The molecule has 0 saturated carbocycles. The normalized spacial score (nSPS) is 20.1. The number of nitrogens with one attached hydrogen (secondary N) is 3. The lowest BCUT2D eigenvalue weighted by Gasteiger charge is -2.40. The predicted molar refractivity (Wildman–Crippen MR) is 152 cm³/mol. The first-order valence-electron chi connectivity index (χ1n) is 13.2. The van der Waals surface area contributed by atoms with Gasteiger partial charge in [0.15, 0.2) is 0 Å². The van der Waals surface area contributed by atoms with E-state index in [4.69, 9.17) is 9.47 Å². The number of carbonyl (C=O) groups is 2. The van der Waals surface area contributed by atoms with Gasteiger partial charge in [-0.05, 0) is 64.3 Å². The molecular formula is C31H37N3O5. The number of para-hydroxylation sites is 1. The SMILES string of the molecule is CCOc1ccccc1-c1ccc(CNC(=O)OC(C)(C)C)cc1NC(=O)C1=CNC2(C)CC=CC=C2C1O. The summed E-state index contributed by atoms with van der Waals surface area (Å²) in [6, 6.07) is 13.2. The fourth-order valence-corrected chi connectivity index (χ4v) is 4.68. The van der Waals surface area contributed by atoms with E-state index in [1.54, 1.807) is 27.0 Å². The highest BCUT2D eigenvalue weighted by Gasteiger charge is 2.39. The van der Waals surface area contributed by atoms with Crippen molar-refractivity contribution in [1.29, 1.82) is 0 Å². The highest BCUT2D eigenvalue weighted by molar-refractivity contribution is 6.07. The molecule has 2 atom stereocenters. The highest BCUT2D eigenvalue weighted by Crippen LogP contribution is 2.37. The van der Waals surface area contributed by atoms with Crippen LogP contribution in [0.4, 0.5) is 10.5 Å². The number of aliphatic hydroxyl groups is 1. The van der Waals surface area contributed by atoms with Crippen molar-refractivity contribution in [1.82, 2.24) is 10.6 Å². The lowest BCUT2D eigenvalue weighted by atomic mass is 9.77. The van der Waals surface area contributed by atoms with Crippen LogP contribution in [0.3, 0.4) is 0 Å². The first-order valence-corrected chi connectivity index (χ1v) is 13.2. The number of hydrogen-bond donors (Lipinski definition) is 4. The van der Waals surface area contributed by atoms with Crippen LogP contribution < -0.4 is 20.7 Å². The molecule has 2 unspecified atom stereocenters. The van der Waals surface area contributed by atoms with Gasteiger partial charge in [0.2, 0.25) is 0 Å². The first kappa shape index (κ1) is 28.0. The zero-order valence-electron chi connectivity index (χ0n) is 23.1. The molecule has 0 bridgehead atoms. The van der Waals surface area contributed by atoms with Gasteiger partial charge >= 0.3 is 6.09 Å². The van der Waals surface area contributed by atoms with Gasteiger partial charge in [-0.25, -0.2) is 4.79 Å². The minimum atomic E-state index is -1.04. The van der Waals surface area contributed by atoms with Crippen molar-refractivity contribution in [3.63, 3.8) is 0 Å². The van der Waals surface area contributed by atoms with E-state index >= 15 is 0 Å². The second-order valence-corrected chi connectivity index (χ2v) is 10.9. The molecular weight excluding hydrogens is 494 g/mol. The fraction of sp³-hybridized carbons (Fsp3) is 0.355. The minimum absolute atomic E-state index is 0.204. The Morgan fingerprint density at radius 2 is 1.92 bits per heavy atom. The van der Waals surface area contributed by atoms with Gasteiger partial charge in [0, 0.05) is 29.6 Å². The Kier molecular flexibility index (Phi) is 8.16. The van der Waals surface area contributed by atoms with Gasteiger partial charge in [0.05, 0.1) is 17.7 Å². The molecule has 2 aromatic rings. The van der Waals surface area contributed by atoms with Crippen LogP contribution in [0.5, 0.6) is 5.75 Å². The average molecular weight is 532 g/mol. The van der Waals surface area contributed by atoms with Crippen LogP contribution in [0.1, 0.15) is 46.6 Å². The van der Waals surface area contributed by atoms with Crippen molar-refractivity contribution in [2.75, 3.05) is 11.9 Å². The van der Waals surface area contributed by atoms with Crippen LogP contribution in [-0.2, 0) is 16.1 Å². The summed E-state index contributed by atoms with van der Waals surface area (Å²) in [5.74, 6) is 0.253. The smallest absolute Gasteiger partial charge is 0.407 e. The summed E-state index contributed by atoms with van der Waals surface area (Å²) in [4.78, 5) is 25.8. The third kappa shape index (κ3) is 6.52. The molecule has 2 aliphatic rings. The van der Waals surface area contributed by atoms with Gasteiger partial charge in [-0.1, -0.05) is 48.6 Å². The van der Waals surface area contributed by atoms with E-state index in [1.165, 1.54) is 0 Å². The maximum absolute atomic E-state index is 13.5. The van der Waals surface area contributed by atoms with Crippen LogP contribution in [-0.4, -0.2) is 41.0 Å². The maximum atomic E-state index is 13.5. The van der Waals surface area contributed by atoms with Gasteiger partial charge in [-0.2, -0.15) is 0 Å². The Bertz CT molecular complexity index is 1340. The molecule has 2 aromatic carbocycles. The van der Waals surface area contributed by atoms with Crippen LogP contribution in [0.15, 0.2) is 78.0 Å². The zero-order chi connectivity index (χ0) is 28.2. The number of anilines is 1. The van der Waals surface area contributed by atoms with Crippen molar-refractivity contribution < 1.29 is 24.2 Å². The number of fused-ring (bicyclic) bond motifs is 1. The Labute approximate surface area is 229 Å². The van der Waals surface area contributed by atoms with Crippen molar-refractivity contribution in [2.45, 2.75) is 64.8 Å². The van der Waals surface area contributed by atoms with Crippen LogP contribution >= 0.6 is 0 Å². The summed E-state index contributed by atoms with van der Waals surface area (Å²) >= 11 is 0. The molecule has 0 saturated heterocycles. The third-order valence-corrected chi connectivity index (χ3v) is 6.62. The molecule has 8 nitrogen and oxygen atoms in total. The molecule has 1 aliphatic heterocycles. The Morgan fingerprint density at radius 3 is 2.67 bits per heavy atom. The molecule has 0 spiro atoms. The van der Waals surface area contributed by atoms with E-state index in [9.17, 15) is 14.7 Å². The fourth-order valence-electron chi connectivity index (χ4n) is 4.68. The zero-order valence-corrected chi connectivity index (χ0v) is 23.1. The van der Waals surface area contributed by atoms with E-state index < -0.39 is 29.2 Å². The quantitative estimate of drug-likeness (QED) is 0.391. The van der Waals surface area contributed by atoms with Gasteiger partial charge in [0.1, 0.15) is 17.5 Å². The second kappa shape index (κ2) is 11.4. The number of alkyl carbamates (subject to hydrolysis) is 1. The molecule has 206 valence electrons. The van der Waals surface area contributed by atoms with Crippen molar-refractivity contribution in [2.24, 2.45) is 0 Å². The summed E-state index contributed by atoms with van der Waals surface area (Å²) in [5, 5.41) is 20.2. The average Bonchev–Trinajstić information content (AvgIpc) is 2.87. The lowest BCUT2D eigenvalue weighted by Crippen LogP contribution is -2.50. The molecule has 4 N–H and O–H groups in total. The molecule has 0 radical (unpaired) electrons. The standard InChI is InChI=1S/C31H37N3O5/c1-6-38-26-13-8-7-11-22(26)21-15-14-20(18-32-29(37)39-30(2,3)4)17-25(21)34-28(36)23-19-33-31(5)16-10-9-12-24(31)27(23)35/h7-15,17,19,27,33,35H,6,16,18H2,1-5H3,(H,32,37)(H,34,36). The Hall–Kier alpha value is -4.04. The monoisotopic (exact) mass is 531 g/mol. The minimum Gasteiger partial charge on any atom is -0.493 e. The predicted octanol–water partition coefficient (Wildman–Crippen LogP) is 5.21. The van der Waals surface area contributed by atoms with Crippen molar-refractivity contribution in [3.8, 4) is 16.9 Å². The molecule has 1 aliphatic carbocycles. The largest absolute Gasteiger partial charge is 0.493 e. The van der Waals surface area contributed by atoms with Crippen molar-refractivity contribution in [3.05, 3.63) is 83.6 Å². The maximum Gasteiger partial charge on any atom is 0.407 e. The van der Waals surface area contributed by atoms with Gasteiger partial charge in [-0.3, -0.25) is 4.79 Å². The number of amides is 2. The van der Waals surface area contributed by atoms with E-state index in [2.05, 4.69) is 16.0 Å². The lowest BCUT2D eigenvalue weighted by molar-refractivity contribution is -0.113. The number of carbonyl (C=O) groups excluding carboxylic acids is 2. The van der Waals surface area contributed by atoms with Crippen molar-refractivity contribution >= 4 is 17.7 Å². The number of rotatable bonds is 7. The summed E-state index contributed by atoms with van der Waals surface area (Å²) < 4.78 is 11.2.